The van der Waals surface area contributed by atoms with Crippen molar-refractivity contribution in [2.45, 2.75) is 32.6 Å². The second-order valence-corrected chi connectivity index (χ2v) is 4.55. The van der Waals surface area contributed by atoms with Gasteiger partial charge in [-0.3, -0.25) is 4.79 Å². The van der Waals surface area contributed by atoms with Crippen molar-refractivity contribution in [1.29, 1.82) is 0 Å². The van der Waals surface area contributed by atoms with Crippen LogP contribution in [-0.4, -0.2) is 23.5 Å². The van der Waals surface area contributed by atoms with Gasteiger partial charge in [0.2, 0.25) is 5.91 Å². The van der Waals surface area contributed by atoms with Gasteiger partial charge >= 0.3 is 5.97 Å². The van der Waals surface area contributed by atoms with Crippen molar-refractivity contribution in [2.75, 3.05) is 6.54 Å². The zero-order valence-corrected chi connectivity index (χ0v) is 9.61. The van der Waals surface area contributed by atoms with Crippen molar-refractivity contribution in [1.82, 2.24) is 5.32 Å². The van der Waals surface area contributed by atoms with E-state index in [1.807, 2.05) is 0 Å². The summed E-state index contributed by atoms with van der Waals surface area (Å²) < 4.78 is 0. The molecule has 1 aliphatic rings. The van der Waals surface area contributed by atoms with Crippen LogP contribution in [0.3, 0.4) is 0 Å². The highest BCUT2D eigenvalue weighted by Gasteiger charge is 2.18. The number of carbonyl (C=O) groups excluding carboxylic acids is 1. The third-order valence-electron chi connectivity index (χ3n) is 2.99. The smallest absolute Gasteiger partial charge is 0.328 e. The maximum absolute atomic E-state index is 11.2. The number of carbonyl (C=O) groups is 2. The molecule has 2 atom stereocenters. The first kappa shape index (κ1) is 12.7. The van der Waals surface area contributed by atoms with Gasteiger partial charge < -0.3 is 10.4 Å². The Morgan fingerprint density at radius 3 is 2.75 bits per heavy atom. The Hall–Kier alpha value is -1.32. The van der Waals surface area contributed by atoms with Crippen LogP contribution < -0.4 is 5.32 Å². The van der Waals surface area contributed by atoms with Gasteiger partial charge in [-0.25, -0.2) is 4.79 Å². The molecule has 2 unspecified atom stereocenters. The van der Waals surface area contributed by atoms with E-state index in [2.05, 4.69) is 12.2 Å². The van der Waals surface area contributed by atoms with E-state index >= 15 is 0 Å². The number of carboxylic acid groups (broad SMARTS) is 1. The minimum atomic E-state index is -1.10. The molecule has 0 heterocycles. The summed E-state index contributed by atoms with van der Waals surface area (Å²) in [5, 5.41) is 11.1. The Morgan fingerprint density at radius 2 is 2.12 bits per heavy atom. The molecule has 0 radical (unpaired) electrons. The maximum atomic E-state index is 11.2. The molecule has 1 amide bonds. The third kappa shape index (κ3) is 4.96. The molecule has 4 nitrogen and oxygen atoms in total. The molecule has 4 heteroatoms. The fourth-order valence-electron chi connectivity index (χ4n) is 2.20. The fourth-order valence-corrected chi connectivity index (χ4v) is 2.20. The summed E-state index contributed by atoms with van der Waals surface area (Å²) in [7, 11) is 0. The van der Waals surface area contributed by atoms with Crippen LogP contribution in [0.4, 0.5) is 0 Å². The third-order valence-corrected chi connectivity index (χ3v) is 2.99. The molecular formula is C12H19NO3. The first-order valence-electron chi connectivity index (χ1n) is 5.76. The van der Waals surface area contributed by atoms with Crippen molar-refractivity contribution in [3.05, 3.63) is 12.2 Å². The van der Waals surface area contributed by atoms with E-state index in [1.165, 1.54) is 12.8 Å². The monoisotopic (exact) mass is 225 g/mol. The molecular weight excluding hydrogens is 206 g/mol. The lowest BCUT2D eigenvalue weighted by Gasteiger charge is -2.26. The van der Waals surface area contributed by atoms with Gasteiger partial charge in [-0.2, -0.15) is 0 Å². The largest absolute Gasteiger partial charge is 0.478 e. The predicted molar refractivity (Wildman–Crippen MR) is 60.9 cm³/mol. The summed E-state index contributed by atoms with van der Waals surface area (Å²) >= 11 is 0. The molecule has 0 aromatic rings. The SMILES string of the molecule is CC1CCCC(CNC(=O)/C=C/C(=O)O)C1. The summed E-state index contributed by atoms with van der Waals surface area (Å²) in [5.74, 6) is -0.127. The standard InChI is InChI=1S/C12H19NO3/c1-9-3-2-4-10(7-9)8-13-11(14)5-6-12(15)16/h5-6,9-10H,2-4,7-8H2,1H3,(H,13,14)(H,15,16)/b6-5+. The first-order chi connectivity index (χ1) is 7.58. The summed E-state index contributed by atoms with van der Waals surface area (Å²) in [6, 6.07) is 0. The predicted octanol–water partition coefficient (Wildman–Crippen LogP) is 1.57. The van der Waals surface area contributed by atoms with Gasteiger partial charge in [0.25, 0.3) is 0 Å². The van der Waals surface area contributed by atoms with Crippen LogP contribution in [0.15, 0.2) is 12.2 Å². The Morgan fingerprint density at radius 1 is 1.38 bits per heavy atom. The van der Waals surface area contributed by atoms with Gasteiger partial charge in [0, 0.05) is 18.7 Å². The molecule has 0 aromatic carbocycles. The molecule has 0 aromatic heterocycles. The Kier molecular flexibility index (Phi) is 5.02. The highest BCUT2D eigenvalue weighted by atomic mass is 16.4. The normalized spacial score (nSPS) is 25.6. The van der Waals surface area contributed by atoms with Crippen molar-refractivity contribution >= 4 is 11.9 Å². The summed E-state index contributed by atoms with van der Waals surface area (Å²) in [4.78, 5) is 21.4. The second kappa shape index (κ2) is 6.30. The average molecular weight is 225 g/mol. The molecule has 1 aliphatic carbocycles. The van der Waals surface area contributed by atoms with Crippen molar-refractivity contribution in [3.8, 4) is 0 Å². The van der Waals surface area contributed by atoms with E-state index in [-0.39, 0.29) is 5.91 Å². The molecule has 2 N–H and O–H groups in total. The molecule has 0 bridgehead atoms. The molecule has 1 rings (SSSR count). The number of carboxylic acids is 1. The van der Waals surface area contributed by atoms with Crippen LogP contribution in [0.1, 0.15) is 32.6 Å². The minimum Gasteiger partial charge on any atom is -0.478 e. The molecule has 0 aliphatic heterocycles. The highest BCUT2D eigenvalue weighted by molar-refractivity contribution is 5.93. The van der Waals surface area contributed by atoms with E-state index in [1.54, 1.807) is 0 Å². The number of aliphatic carboxylic acids is 1. The number of hydrogen-bond donors (Lipinski definition) is 2. The second-order valence-electron chi connectivity index (χ2n) is 4.55. The van der Waals surface area contributed by atoms with Gasteiger partial charge in [0.1, 0.15) is 0 Å². The van der Waals surface area contributed by atoms with Crippen LogP contribution in [0.25, 0.3) is 0 Å². The molecule has 16 heavy (non-hydrogen) atoms. The quantitative estimate of drug-likeness (QED) is 0.714. The minimum absolute atomic E-state index is 0.319. The average Bonchev–Trinajstić information content (AvgIpc) is 2.23. The van der Waals surface area contributed by atoms with E-state index in [0.717, 1.165) is 30.9 Å². The van der Waals surface area contributed by atoms with Crippen molar-refractivity contribution < 1.29 is 14.7 Å². The first-order valence-corrected chi connectivity index (χ1v) is 5.76. The number of hydrogen-bond acceptors (Lipinski definition) is 2. The Balaban J connectivity index is 2.23. The van der Waals surface area contributed by atoms with E-state index < -0.39 is 5.97 Å². The zero-order chi connectivity index (χ0) is 12.0. The van der Waals surface area contributed by atoms with E-state index in [0.29, 0.717) is 12.5 Å². The van der Waals surface area contributed by atoms with Crippen LogP contribution in [0, 0.1) is 11.8 Å². The van der Waals surface area contributed by atoms with Crippen LogP contribution in [0.2, 0.25) is 0 Å². The van der Waals surface area contributed by atoms with Gasteiger partial charge in [-0.05, 0) is 24.7 Å². The topological polar surface area (TPSA) is 66.4 Å². The van der Waals surface area contributed by atoms with Gasteiger partial charge in [-0.1, -0.05) is 19.8 Å². The summed E-state index contributed by atoms with van der Waals surface area (Å²) in [6.45, 7) is 2.89. The lowest BCUT2D eigenvalue weighted by atomic mass is 9.82. The number of nitrogens with one attached hydrogen (secondary N) is 1. The zero-order valence-electron chi connectivity index (χ0n) is 9.61. The Labute approximate surface area is 95.7 Å². The van der Waals surface area contributed by atoms with Gasteiger partial charge in [0.15, 0.2) is 0 Å². The summed E-state index contributed by atoms with van der Waals surface area (Å²) in [6.07, 6.45) is 6.75. The van der Waals surface area contributed by atoms with Gasteiger partial charge in [-0.15, -0.1) is 0 Å². The van der Waals surface area contributed by atoms with Crippen molar-refractivity contribution in [2.24, 2.45) is 11.8 Å². The highest BCUT2D eigenvalue weighted by Crippen LogP contribution is 2.27. The van der Waals surface area contributed by atoms with Crippen LogP contribution in [0.5, 0.6) is 0 Å². The molecule has 0 saturated heterocycles. The maximum Gasteiger partial charge on any atom is 0.328 e. The number of rotatable bonds is 4. The molecule has 1 saturated carbocycles. The molecule has 90 valence electrons. The summed E-state index contributed by atoms with van der Waals surface area (Å²) in [5.41, 5.74) is 0. The van der Waals surface area contributed by atoms with Crippen molar-refractivity contribution in [3.63, 3.8) is 0 Å². The van der Waals surface area contributed by atoms with Crippen LogP contribution in [-0.2, 0) is 9.59 Å². The van der Waals surface area contributed by atoms with E-state index in [4.69, 9.17) is 5.11 Å². The van der Waals surface area contributed by atoms with E-state index in [9.17, 15) is 9.59 Å². The Bertz CT molecular complexity index is 286. The fraction of sp³-hybridized carbons (Fsp3) is 0.667. The number of amides is 1. The van der Waals surface area contributed by atoms with Crippen LogP contribution >= 0.6 is 0 Å². The lowest BCUT2D eigenvalue weighted by Crippen LogP contribution is -2.30. The van der Waals surface area contributed by atoms with Gasteiger partial charge in [0.05, 0.1) is 0 Å². The molecule has 1 fully saturated rings. The molecule has 0 spiro atoms. The lowest BCUT2D eigenvalue weighted by molar-refractivity contribution is -0.131.